The van der Waals surface area contributed by atoms with Gasteiger partial charge in [0, 0.05) is 18.6 Å². The fourth-order valence-corrected chi connectivity index (χ4v) is 4.14. The summed E-state index contributed by atoms with van der Waals surface area (Å²) in [6, 6.07) is 1.42. The minimum Gasteiger partial charge on any atom is -0.310 e. The average molecular weight is 281 g/mol. The molecule has 0 aromatic heterocycles. The largest absolute Gasteiger partial charge is 0.310 e. The number of hydrogen-bond acceptors (Lipinski definition) is 2. The van der Waals surface area contributed by atoms with Crippen molar-refractivity contribution in [3.05, 3.63) is 0 Å². The van der Waals surface area contributed by atoms with Gasteiger partial charge in [-0.05, 0) is 69.9 Å². The van der Waals surface area contributed by atoms with Gasteiger partial charge in [-0.3, -0.25) is 0 Å². The third-order valence-electron chi connectivity index (χ3n) is 5.44. The Morgan fingerprint density at radius 1 is 1.00 bits per heavy atom. The summed E-state index contributed by atoms with van der Waals surface area (Å²) in [5.41, 5.74) is 0.496. The molecule has 3 unspecified atom stereocenters. The molecule has 0 radical (unpaired) electrons. The van der Waals surface area contributed by atoms with Crippen LogP contribution < -0.4 is 5.32 Å². The molecular formula is C18H36N2. The molecule has 0 amide bonds. The summed E-state index contributed by atoms with van der Waals surface area (Å²) in [6.45, 7) is 13.5. The van der Waals surface area contributed by atoms with Gasteiger partial charge in [-0.1, -0.05) is 27.2 Å². The van der Waals surface area contributed by atoms with Crippen molar-refractivity contribution in [1.29, 1.82) is 0 Å². The van der Waals surface area contributed by atoms with Crippen LogP contribution in [-0.2, 0) is 0 Å². The summed E-state index contributed by atoms with van der Waals surface area (Å²) in [5.74, 6) is 0.920. The van der Waals surface area contributed by atoms with Crippen molar-refractivity contribution in [1.82, 2.24) is 10.2 Å². The Morgan fingerprint density at radius 2 is 1.70 bits per heavy atom. The van der Waals surface area contributed by atoms with Gasteiger partial charge >= 0.3 is 0 Å². The van der Waals surface area contributed by atoms with Gasteiger partial charge < -0.3 is 10.2 Å². The normalized spacial score (nSPS) is 31.2. The van der Waals surface area contributed by atoms with Crippen LogP contribution in [-0.4, -0.2) is 36.6 Å². The van der Waals surface area contributed by atoms with Crippen molar-refractivity contribution in [3.63, 3.8) is 0 Å². The first-order chi connectivity index (χ1) is 9.45. The summed E-state index contributed by atoms with van der Waals surface area (Å²) < 4.78 is 0. The van der Waals surface area contributed by atoms with Crippen molar-refractivity contribution >= 4 is 0 Å². The van der Waals surface area contributed by atoms with Crippen molar-refractivity contribution in [2.45, 2.75) is 84.7 Å². The Kier molecular flexibility index (Phi) is 5.92. The van der Waals surface area contributed by atoms with E-state index in [0.717, 1.165) is 12.0 Å². The minimum absolute atomic E-state index is 0.496. The zero-order chi connectivity index (χ0) is 14.6. The molecule has 0 aromatic carbocycles. The zero-order valence-corrected chi connectivity index (χ0v) is 14.3. The van der Waals surface area contributed by atoms with Crippen molar-refractivity contribution < 1.29 is 0 Å². The van der Waals surface area contributed by atoms with E-state index in [1.807, 2.05) is 0 Å². The maximum atomic E-state index is 3.92. The lowest BCUT2D eigenvalue weighted by Crippen LogP contribution is -2.43. The molecule has 3 atom stereocenters. The Labute approximate surface area is 126 Å². The van der Waals surface area contributed by atoms with Crippen LogP contribution in [0.15, 0.2) is 0 Å². The van der Waals surface area contributed by atoms with Crippen LogP contribution in [0.3, 0.4) is 0 Å². The van der Waals surface area contributed by atoms with Gasteiger partial charge in [0.15, 0.2) is 0 Å². The number of hydrogen-bond donors (Lipinski definition) is 1. The molecule has 0 bridgehead atoms. The molecule has 2 rings (SSSR count). The molecule has 2 nitrogen and oxygen atoms in total. The van der Waals surface area contributed by atoms with Gasteiger partial charge in [0.05, 0.1) is 0 Å². The third kappa shape index (κ3) is 5.04. The summed E-state index contributed by atoms with van der Waals surface area (Å²) >= 11 is 0. The average Bonchev–Trinajstić information content (AvgIpc) is 2.72. The van der Waals surface area contributed by atoms with Gasteiger partial charge in [-0.15, -0.1) is 0 Å². The van der Waals surface area contributed by atoms with E-state index in [1.54, 1.807) is 0 Å². The Morgan fingerprint density at radius 3 is 2.35 bits per heavy atom. The maximum absolute atomic E-state index is 3.92. The number of nitrogens with one attached hydrogen (secondary N) is 1. The Bertz CT molecular complexity index is 276. The van der Waals surface area contributed by atoms with Gasteiger partial charge in [0.1, 0.15) is 0 Å². The Hall–Kier alpha value is -0.0800. The lowest BCUT2D eigenvalue weighted by molar-refractivity contribution is 0.212. The van der Waals surface area contributed by atoms with Gasteiger partial charge in [-0.25, -0.2) is 0 Å². The third-order valence-corrected chi connectivity index (χ3v) is 5.44. The van der Waals surface area contributed by atoms with Crippen LogP contribution in [0.5, 0.6) is 0 Å². The fraction of sp³-hybridized carbons (Fsp3) is 1.00. The molecule has 1 saturated carbocycles. The van der Waals surface area contributed by atoms with E-state index in [4.69, 9.17) is 0 Å². The second-order valence-corrected chi connectivity index (χ2v) is 8.34. The van der Waals surface area contributed by atoms with E-state index in [2.05, 4.69) is 37.9 Å². The van der Waals surface area contributed by atoms with Crippen molar-refractivity contribution in [2.75, 3.05) is 19.6 Å². The second kappa shape index (κ2) is 7.26. The number of likely N-dealkylation sites (tertiary alicyclic amines) is 1. The molecule has 20 heavy (non-hydrogen) atoms. The van der Waals surface area contributed by atoms with Gasteiger partial charge in [0.25, 0.3) is 0 Å². The van der Waals surface area contributed by atoms with Gasteiger partial charge in [-0.2, -0.15) is 0 Å². The number of rotatable bonds is 4. The highest BCUT2D eigenvalue weighted by atomic mass is 15.2. The summed E-state index contributed by atoms with van der Waals surface area (Å²) in [7, 11) is 0. The van der Waals surface area contributed by atoms with Crippen LogP contribution in [0.1, 0.15) is 72.6 Å². The molecule has 1 aliphatic carbocycles. The molecular weight excluding hydrogens is 244 g/mol. The monoisotopic (exact) mass is 280 g/mol. The molecule has 118 valence electrons. The fourth-order valence-electron chi connectivity index (χ4n) is 4.14. The highest BCUT2D eigenvalue weighted by Crippen LogP contribution is 2.36. The standard InChI is InChI=1S/C18H36N2/c1-15(14-20-12-5-6-13-20)19-17-9-7-8-16(10-11-17)18(2,3)4/h15-17,19H,5-14H2,1-4H3. The second-order valence-electron chi connectivity index (χ2n) is 8.34. The topological polar surface area (TPSA) is 15.3 Å². The van der Waals surface area contributed by atoms with Crippen molar-refractivity contribution in [3.8, 4) is 0 Å². The van der Waals surface area contributed by atoms with Crippen LogP contribution >= 0.6 is 0 Å². The number of nitrogens with zero attached hydrogens (tertiary/aromatic N) is 1. The molecule has 2 aliphatic rings. The maximum Gasteiger partial charge on any atom is 0.0169 e. The molecule has 2 fully saturated rings. The van der Waals surface area contributed by atoms with E-state index in [1.165, 1.54) is 64.6 Å². The van der Waals surface area contributed by atoms with E-state index < -0.39 is 0 Å². The van der Waals surface area contributed by atoms with E-state index in [-0.39, 0.29) is 0 Å². The highest BCUT2D eigenvalue weighted by molar-refractivity contribution is 4.83. The lowest BCUT2D eigenvalue weighted by Gasteiger charge is -2.30. The first-order valence-electron chi connectivity index (χ1n) is 8.93. The highest BCUT2D eigenvalue weighted by Gasteiger charge is 2.28. The summed E-state index contributed by atoms with van der Waals surface area (Å²) in [5, 5.41) is 3.92. The van der Waals surface area contributed by atoms with E-state index >= 15 is 0 Å². The lowest BCUT2D eigenvalue weighted by atomic mass is 9.76. The molecule has 1 aliphatic heterocycles. The predicted octanol–water partition coefficient (Wildman–Crippen LogP) is 4.06. The Balaban J connectivity index is 1.73. The van der Waals surface area contributed by atoms with Crippen LogP contribution in [0, 0.1) is 11.3 Å². The van der Waals surface area contributed by atoms with Crippen LogP contribution in [0.25, 0.3) is 0 Å². The molecule has 1 saturated heterocycles. The molecule has 2 heteroatoms. The van der Waals surface area contributed by atoms with Crippen LogP contribution in [0.2, 0.25) is 0 Å². The first-order valence-corrected chi connectivity index (χ1v) is 8.93. The van der Waals surface area contributed by atoms with E-state index in [0.29, 0.717) is 11.5 Å². The van der Waals surface area contributed by atoms with Gasteiger partial charge in [0.2, 0.25) is 0 Å². The predicted molar refractivity (Wildman–Crippen MR) is 88.1 cm³/mol. The quantitative estimate of drug-likeness (QED) is 0.781. The molecule has 1 heterocycles. The first kappa shape index (κ1) is 16.3. The van der Waals surface area contributed by atoms with Crippen molar-refractivity contribution in [2.24, 2.45) is 11.3 Å². The van der Waals surface area contributed by atoms with Crippen LogP contribution in [0.4, 0.5) is 0 Å². The van der Waals surface area contributed by atoms with E-state index in [9.17, 15) is 0 Å². The summed E-state index contributed by atoms with van der Waals surface area (Å²) in [4.78, 5) is 2.63. The minimum atomic E-state index is 0.496. The zero-order valence-electron chi connectivity index (χ0n) is 14.3. The smallest absolute Gasteiger partial charge is 0.0169 e. The molecule has 0 spiro atoms. The molecule has 1 N–H and O–H groups in total. The SMILES string of the molecule is CC(CN1CCCC1)NC1CCCC(C(C)(C)C)CC1. The molecule has 0 aromatic rings. The summed E-state index contributed by atoms with van der Waals surface area (Å²) in [6.07, 6.45) is 9.84.